The van der Waals surface area contributed by atoms with Crippen LogP contribution in [0.15, 0.2) is 12.2 Å². The molecule has 116 valence electrons. The molecule has 0 aromatic heterocycles. The second-order valence-corrected chi connectivity index (χ2v) is 11.9. The summed E-state index contributed by atoms with van der Waals surface area (Å²) in [6.45, 7) is 16.6. The molecule has 0 saturated heterocycles. The van der Waals surface area contributed by atoms with Crippen molar-refractivity contribution < 1.29 is 4.43 Å². The van der Waals surface area contributed by atoms with Crippen LogP contribution in [-0.4, -0.2) is 14.9 Å². The molecule has 1 atom stereocenters. The highest BCUT2D eigenvalue weighted by atomic mass is 28.4. The van der Waals surface area contributed by atoms with Crippen LogP contribution in [0.25, 0.3) is 0 Å². The molecule has 0 amide bonds. The van der Waals surface area contributed by atoms with Crippen molar-refractivity contribution in [3.05, 3.63) is 12.2 Å². The van der Waals surface area contributed by atoms with Gasteiger partial charge >= 0.3 is 0 Å². The molecule has 0 aliphatic heterocycles. The number of hydrogen-bond donors (Lipinski definition) is 0. The fourth-order valence-electron chi connectivity index (χ4n) is 1.51. The molecule has 0 aromatic rings. The lowest BCUT2D eigenvalue weighted by molar-refractivity contribution is 0.231. The summed E-state index contributed by atoms with van der Waals surface area (Å²) in [5.74, 6) is 7.10. The van der Waals surface area contributed by atoms with Gasteiger partial charge in [0.2, 0.25) is 0 Å². The first-order chi connectivity index (χ1) is 9.24. The summed E-state index contributed by atoms with van der Waals surface area (Å²) in [5.41, 5.74) is 0. The summed E-state index contributed by atoms with van der Waals surface area (Å²) >= 11 is 0. The zero-order chi connectivity index (χ0) is 15.6. The number of unbranched alkanes of at least 4 members (excludes halogenated alkanes) is 1. The molecule has 0 saturated carbocycles. The summed E-state index contributed by atoms with van der Waals surface area (Å²) < 4.78 is 6.35. The average Bonchev–Trinajstić information content (AvgIpc) is 2.35. The Morgan fingerprint density at radius 1 is 1.20 bits per heavy atom. The summed E-state index contributed by atoms with van der Waals surface area (Å²) in [6.07, 6.45) is 8.55. The minimum Gasteiger partial charge on any atom is -0.417 e. The van der Waals surface area contributed by atoms with E-state index in [1.165, 1.54) is 0 Å². The molecule has 0 aliphatic rings. The lowest BCUT2D eigenvalue weighted by Crippen LogP contribution is -2.41. The molecular weight excluding hydrogens is 260 g/mol. The molecule has 0 N–H and O–H groups in total. The molecular formula is C18H34OSi. The molecule has 0 aromatic carbocycles. The van der Waals surface area contributed by atoms with Crippen molar-refractivity contribution in [2.75, 3.05) is 6.61 Å². The van der Waals surface area contributed by atoms with E-state index >= 15 is 0 Å². The molecule has 0 bridgehead atoms. The fourth-order valence-corrected chi connectivity index (χ4v) is 2.60. The third-order valence-electron chi connectivity index (χ3n) is 4.08. The zero-order valence-electron chi connectivity index (χ0n) is 14.7. The monoisotopic (exact) mass is 294 g/mol. The third-order valence-corrected chi connectivity index (χ3v) is 8.58. The molecule has 1 unspecified atom stereocenters. The molecule has 0 heterocycles. The number of rotatable bonds is 7. The number of allylic oxidation sites excluding steroid dienone is 2. The van der Waals surface area contributed by atoms with E-state index in [1.807, 2.05) is 0 Å². The Hall–Kier alpha value is -0.523. The van der Waals surface area contributed by atoms with E-state index in [0.29, 0.717) is 5.92 Å². The average molecular weight is 295 g/mol. The van der Waals surface area contributed by atoms with E-state index in [9.17, 15) is 0 Å². The van der Waals surface area contributed by atoms with Crippen molar-refractivity contribution in [1.29, 1.82) is 0 Å². The van der Waals surface area contributed by atoms with Gasteiger partial charge in [0.15, 0.2) is 8.32 Å². The Morgan fingerprint density at radius 3 is 2.35 bits per heavy atom. The molecule has 1 nitrogen and oxygen atoms in total. The Kier molecular flexibility index (Phi) is 9.17. The van der Waals surface area contributed by atoms with Gasteiger partial charge in [-0.15, -0.1) is 11.8 Å². The first-order valence-electron chi connectivity index (χ1n) is 7.95. The van der Waals surface area contributed by atoms with Crippen molar-refractivity contribution in [2.24, 2.45) is 5.92 Å². The molecule has 0 radical (unpaired) electrons. The van der Waals surface area contributed by atoms with E-state index in [1.54, 1.807) is 0 Å². The summed E-state index contributed by atoms with van der Waals surface area (Å²) in [7, 11) is -1.63. The lowest BCUT2D eigenvalue weighted by atomic mass is 10.0. The minimum absolute atomic E-state index is 0.284. The highest BCUT2D eigenvalue weighted by Gasteiger charge is 2.37. The maximum Gasteiger partial charge on any atom is 0.191 e. The highest BCUT2D eigenvalue weighted by molar-refractivity contribution is 6.74. The van der Waals surface area contributed by atoms with Gasteiger partial charge in [-0.2, -0.15) is 0 Å². The fraction of sp³-hybridized carbons (Fsp3) is 0.778. The summed E-state index contributed by atoms with van der Waals surface area (Å²) in [4.78, 5) is 0. The number of hydrogen-bond acceptors (Lipinski definition) is 1. The predicted octanol–water partition coefficient (Wildman–Crippen LogP) is 5.78. The van der Waals surface area contributed by atoms with Gasteiger partial charge in [0.1, 0.15) is 0 Å². The first-order valence-corrected chi connectivity index (χ1v) is 10.9. The standard InChI is InChI=1S/C18H34OSi/c1-8-10-12-13-15-17(14-11-9-2)16-19-20(6,7)18(3,4)5/h9,11,17H,8,10,14-16H2,1-7H3/b11-9+. The van der Waals surface area contributed by atoms with Gasteiger partial charge < -0.3 is 4.43 Å². The Morgan fingerprint density at radius 2 is 1.85 bits per heavy atom. The summed E-state index contributed by atoms with van der Waals surface area (Å²) in [6, 6.07) is 0. The van der Waals surface area contributed by atoms with Crippen LogP contribution >= 0.6 is 0 Å². The smallest absolute Gasteiger partial charge is 0.191 e. The van der Waals surface area contributed by atoms with Crippen LogP contribution in [0.4, 0.5) is 0 Å². The van der Waals surface area contributed by atoms with Gasteiger partial charge in [0, 0.05) is 19.4 Å². The predicted molar refractivity (Wildman–Crippen MR) is 93.4 cm³/mol. The van der Waals surface area contributed by atoms with Crippen LogP contribution in [0, 0.1) is 17.8 Å². The maximum atomic E-state index is 6.35. The molecule has 2 heteroatoms. The topological polar surface area (TPSA) is 9.23 Å². The molecule has 0 rings (SSSR count). The van der Waals surface area contributed by atoms with Crippen LogP contribution in [0.1, 0.15) is 60.3 Å². The van der Waals surface area contributed by atoms with Crippen molar-refractivity contribution in [1.82, 2.24) is 0 Å². The third kappa shape index (κ3) is 7.92. The van der Waals surface area contributed by atoms with E-state index < -0.39 is 8.32 Å². The quantitative estimate of drug-likeness (QED) is 0.328. The normalized spacial score (nSPS) is 14.2. The van der Waals surface area contributed by atoms with Crippen LogP contribution in [0.3, 0.4) is 0 Å². The second-order valence-electron chi connectivity index (χ2n) is 7.05. The van der Waals surface area contributed by atoms with Gasteiger partial charge in [0.25, 0.3) is 0 Å². The maximum absolute atomic E-state index is 6.35. The van der Waals surface area contributed by atoms with E-state index in [0.717, 1.165) is 32.3 Å². The van der Waals surface area contributed by atoms with Crippen LogP contribution in [0.5, 0.6) is 0 Å². The van der Waals surface area contributed by atoms with Gasteiger partial charge in [-0.05, 0) is 43.8 Å². The van der Waals surface area contributed by atoms with E-state index in [4.69, 9.17) is 4.43 Å². The minimum atomic E-state index is -1.63. The summed E-state index contributed by atoms with van der Waals surface area (Å²) in [5, 5.41) is 0.284. The first kappa shape index (κ1) is 19.5. The van der Waals surface area contributed by atoms with E-state index in [-0.39, 0.29) is 5.04 Å². The van der Waals surface area contributed by atoms with Gasteiger partial charge in [0.05, 0.1) is 0 Å². The SMILES string of the molecule is C/C=C/CC(CC#CCCC)CO[Si](C)(C)C(C)(C)C. The van der Waals surface area contributed by atoms with Gasteiger partial charge in [-0.25, -0.2) is 0 Å². The second kappa shape index (κ2) is 9.42. The zero-order valence-corrected chi connectivity index (χ0v) is 15.7. The van der Waals surface area contributed by atoms with Gasteiger partial charge in [-0.3, -0.25) is 0 Å². The Balaban J connectivity index is 4.47. The molecule has 0 fully saturated rings. The Bertz CT molecular complexity index is 339. The van der Waals surface area contributed by atoms with Crippen molar-refractivity contribution >= 4 is 8.32 Å². The Labute approximate surface area is 128 Å². The highest BCUT2D eigenvalue weighted by Crippen LogP contribution is 2.37. The van der Waals surface area contributed by atoms with Crippen molar-refractivity contribution in [3.63, 3.8) is 0 Å². The largest absolute Gasteiger partial charge is 0.417 e. The molecule has 20 heavy (non-hydrogen) atoms. The van der Waals surface area contributed by atoms with Crippen LogP contribution < -0.4 is 0 Å². The molecule has 0 spiro atoms. The van der Waals surface area contributed by atoms with Crippen LogP contribution in [-0.2, 0) is 4.43 Å². The molecule has 0 aliphatic carbocycles. The van der Waals surface area contributed by atoms with Crippen molar-refractivity contribution in [2.45, 2.75) is 78.4 Å². The van der Waals surface area contributed by atoms with E-state index in [2.05, 4.69) is 71.7 Å². The lowest BCUT2D eigenvalue weighted by Gasteiger charge is -2.37. The van der Waals surface area contributed by atoms with Crippen LogP contribution in [0.2, 0.25) is 18.1 Å². The van der Waals surface area contributed by atoms with Crippen molar-refractivity contribution in [3.8, 4) is 11.8 Å². The van der Waals surface area contributed by atoms with Gasteiger partial charge in [-0.1, -0.05) is 39.8 Å².